The minimum Gasteiger partial charge on any atom is -0.495 e. The maximum Gasteiger partial charge on any atom is 0.255 e. The molecule has 0 saturated heterocycles. The van der Waals surface area contributed by atoms with Crippen LogP contribution >= 0.6 is 0 Å². The molecule has 0 aromatic heterocycles. The van der Waals surface area contributed by atoms with Crippen LogP contribution in [-0.2, 0) is 0 Å². The molecule has 0 unspecified atom stereocenters. The minimum atomic E-state index is -0.124. The smallest absolute Gasteiger partial charge is 0.255 e. The average molecular weight is 269 g/mol. The summed E-state index contributed by atoms with van der Waals surface area (Å²) in [6, 6.07) is 11.5. The highest BCUT2D eigenvalue weighted by atomic mass is 16.5. The van der Waals surface area contributed by atoms with Gasteiger partial charge in [-0.2, -0.15) is 0 Å². The summed E-state index contributed by atoms with van der Waals surface area (Å²) >= 11 is 0. The lowest BCUT2D eigenvalue weighted by Crippen LogP contribution is -2.13. The van der Waals surface area contributed by atoms with E-state index in [1.54, 1.807) is 7.11 Å². The Bertz CT molecular complexity index is 627. The van der Waals surface area contributed by atoms with Crippen LogP contribution in [0.5, 0.6) is 5.75 Å². The first-order valence-electron chi connectivity index (χ1n) is 6.54. The van der Waals surface area contributed by atoms with Crippen LogP contribution in [-0.4, -0.2) is 13.0 Å². The van der Waals surface area contributed by atoms with Gasteiger partial charge in [-0.25, -0.2) is 0 Å². The number of ether oxygens (including phenoxy) is 1. The molecule has 0 fully saturated rings. The number of rotatable bonds is 3. The van der Waals surface area contributed by atoms with E-state index in [2.05, 4.69) is 5.32 Å². The van der Waals surface area contributed by atoms with E-state index in [0.717, 1.165) is 16.7 Å². The van der Waals surface area contributed by atoms with Gasteiger partial charge in [0.05, 0.1) is 12.8 Å². The zero-order valence-corrected chi connectivity index (χ0v) is 12.3. The fourth-order valence-electron chi connectivity index (χ4n) is 2.22. The van der Waals surface area contributed by atoms with E-state index in [1.807, 2.05) is 57.2 Å². The average Bonchev–Trinajstić information content (AvgIpc) is 2.37. The molecule has 0 radical (unpaired) electrons. The predicted octanol–water partition coefficient (Wildman–Crippen LogP) is 3.87. The van der Waals surface area contributed by atoms with Crippen molar-refractivity contribution < 1.29 is 9.53 Å². The highest BCUT2D eigenvalue weighted by Crippen LogP contribution is 2.25. The zero-order chi connectivity index (χ0) is 14.7. The molecule has 1 N–H and O–H groups in total. The molecule has 3 heteroatoms. The number of hydrogen-bond acceptors (Lipinski definition) is 2. The molecule has 1 amide bonds. The molecule has 0 aliphatic rings. The third kappa shape index (κ3) is 3.18. The second kappa shape index (κ2) is 5.78. The van der Waals surface area contributed by atoms with Crippen molar-refractivity contribution in [3.05, 3.63) is 58.7 Å². The summed E-state index contributed by atoms with van der Waals surface area (Å²) in [4.78, 5) is 12.3. The lowest BCUT2D eigenvalue weighted by molar-refractivity contribution is 0.102. The first kappa shape index (κ1) is 14.1. The van der Waals surface area contributed by atoms with Gasteiger partial charge in [-0.3, -0.25) is 4.79 Å². The molecule has 2 aromatic rings. The highest BCUT2D eigenvalue weighted by Gasteiger charge is 2.10. The summed E-state index contributed by atoms with van der Waals surface area (Å²) in [5.74, 6) is 0.536. The van der Waals surface area contributed by atoms with Gasteiger partial charge in [0.15, 0.2) is 0 Å². The molecule has 0 aliphatic carbocycles. The third-order valence-corrected chi connectivity index (χ3v) is 3.09. The Morgan fingerprint density at radius 3 is 2.20 bits per heavy atom. The van der Waals surface area contributed by atoms with Gasteiger partial charge in [0, 0.05) is 5.56 Å². The number of aryl methyl sites for hydroxylation is 3. The standard InChI is InChI=1S/C17H19NO2/c1-11-5-6-16(20-4)15(10-11)18-17(19)14-8-12(2)7-13(3)9-14/h5-10H,1-4H3,(H,18,19). The van der Waals surface area contributed by atoms with Crippen LogP contribution in [0.4, 0.5) is 5.69 Å². The fraction of sp³-hybridized carbons (Fsp3) is 0.235. The number of carbonyl (C=O) groups is 1. The van der Waals surface area contributed by atoms with Gasteiger partial charge in [-0.1, -0.05) is 23.3 Å². The van der Waals surface area contributed by atoms with Gasteiger partial charge >= 0.3 is 0 Å². The Hall–Kier alpha value is -2.29. The number of anilines is 1. The summed E-state index contributed by atoms with van der Waals surface area (Å²) in [6.07, 6.45) is 0. The first-order valence-corrected chi connectivity index (χ1v) is 6.54. The van der Waals surface area contributed by atoms with Crippen molar-refractivity contribution in [2.45, 2.75) is 20.8 Å². The van der Waals surface area contributed by atoms with Crippen LogP contribution in [0.1, 0.15) is 27.0 Å². The van der Waals surface area contributed by atoms with Crippen molar-refractivity contribution in [1.82, 2.24) is 0 Å². The second-order valence-corrected chi connectivity index (χ2v) is 5.03. The van der Waals surface area contributed by atoms with Crippen molar-refractivity contribution >= 4 is 11.6 Å². The molecule has 2 aromatic carbocycles. The number of amides is 1. The molecule has 0 spiro atoms. The third-order valence-electron chi connectivity index (χ3n) is 3.09. The van der Waals surface area contributed by atoms with E-state index in [0.29, 0.717) is 17.0 Å². The normalized spacial score (nSPS) is 10.2. The Labute approximate surface area is 119 Å². The molecule has 104 valence electrons. The zero-order valence-electron chi connectivity index (χ0n) is 12.3. The van der Waals surface area contributed by atoms with Crippen molar-refractivity contribution in [2.24, 2.45) is 0 Å². The number of carbonyl (C=O) groups excluding carboxylic acids is 1. The van der Waals surface area contributed by atoms with E-state index >= 15 is 0 Å². The van der Waals surface area contributed by atoms with Gasteiger partial charge in [0.25, 0.3) is 5.91 Å². The molecule has 0 heterocycles. The predicted molar refractivity (Wildman–Crippen MR) is 81.6 cm³/mol. The number of methoxy groups -OCH3 is 1. The van der Waals surface area contributed by atoms with Crippen molar-refractivity contribution in [3.63, 3.8) is 0 Å². The number of nitrogens with one attached hydrogen (secondary N) is 1. The summed E-state index contributed by atoms with van der Waals surface area (Å²) in [5, 5.41) is 2.91. The maximum atomic E-state index is 12.3. The molecular formula is C17H19NO2. The fourth-order valence-corrected chi connectivity index (χ4v) is 2.22. The first-order chi connectivity index (χ1) is 9.49. The van der Waals surface area contributed by atoms with Gasteiger partial charge in [0.2, 0.25) is 0 Å². The Kier molecular flexibility index (Phi) is 4.08. The minimum absolute atomic E-state index is 0.124. The van der Waals surface area contributed by atoms with Crippen LogP contribution in [0.25, 0.3) is 0 Å². The molecule has 0 aliphatic heterocycles. The van der Waals surface area contributed by atoms with Crippen LogP contribution in [0.2, 0.25) is 0 Å². The molecule has 3 nitrogen and oxygen atoms in total. The van der Waals surface area contributed by atoms with Crippen molar-refractivity contribution in [2.75, 3.05) is 12.4 Å². The molecule has 20 heavy (non-hydrogen) atoms. The van der Waals surface area contributed by atoms with Crippen molar-refractivity contribution in [1.29, 1.82) is 0 Å². The van der Waals surface area contributed by atoms with Gasteiger partial charge in [0.1, 0.15) is 5.75 Å². The topological polar surface area (TPSA) is 38.3 Å². The van der Waals surface area contributed by atoms with Crippen LogP contribution in [0.15, 0.2) is 36.4 Å². The maximum absolute atomic E-state index is 12.3. The van der Waals surface area contributed by atoms with Crippen LogP contribution in [0.3, 0.4) is 0 Å². The molecule has 0 atom stereocenters. The van der Waals surface area contributed by atoms with Crippen LogP contribution < -0.4 is 10.1 Å². The van der Waals surface area contributed by atoms with Gasteiger partial charge < -0.3 is 10.1 Å². The Morgan fingerprint density at radius 2 is 1.60 bits per heavy atom. The molecular weight excluding hydrogens is 250 g/mol. The quantitative estimate of drug-likeness (QED) is 0.918. The number of hydrogen-bond donors (Lipinski definition) is 1. The molecule has 0 bridgehead atoms. The summed E-state index contributed by atoms with van der Waals surface area (Å²) in [6.45, 7) is 5.94. The van der Waals surface area contributed by atoms with Gasteiger partial charge in [-0.15, -0.1) is 0 Å². The summed E-state index contributed by atoms with van der Waals surface area (Å²) in [7, 11) is 1.59. The van der Waals surface area contributed by atoms with Crippen molar-refractivity contribution in [3.8, 4) is 5.75 Å². The van der Waals surface area contributed by atoms with E-state index < -0.39 is 0 Å². The Morgan fingerprint density at radius 1 is 0.950 bits per heavy atom. The SMILES string of the molecule is COc1ccc(C)cc1NC(=O)c1cc(C)cc(C)c1. The largest absolute Gasteiger partial charge is 0.495 e. The van der Waals surface area contributed by atoms with Crippen LogP contribution in [0, 0.1) is 20.8 Å². The monoisotopic (exact) mass is 269 g/mol. The van der Waals surface area contributed by atoms with E-state index in [4.69, 9.17) is 4.74 Å². The number of benzene rings is 2. The Balaban J connectivity index is 2.29. The molecule has 0 saturated carbocycles. The van der Waals surface area contributed by atoms with Gasteiger partial charge in [-0.05, 0) is 50.6 Å². The molecule has 2 rings (SSSR count). The second-order valence-electron chi connectivity index (χ2n) is 5.03. The lowest BCUT2D eigenvalue weighted by atomic mass is 10.1. The summed E-state index contributed by atoms with van der Waals surface area (Å²) < 4.78 is 5.27. The van der Waals surface area contributed by atoms with E-state index in [1.165, 1.54) is 0 Å². The lowest BCUT2D eigenvalue weighted by Gasteiger charge is -2.11. The highest BCUT2D eigenvalue weighted by molar-refractivity contribution is 6.05. The summed E-state index contributed by atoms with van der Waals surface area (Å²) in [5.41, 5.74) is 4.57. The van der Waals surface area contributed by atoms with E-state index in [-0.39, 0.29) is 5.91 Å². The van der Waals surface area contributed by atoms with E-state index in [9.17, 15) is 4.79 Å².